The Labute approximate surface area is 125 Å². The van der Waals surface area contributed by atoms with Gasteiger partial charge in [-0.25, -0.2) is 0 Å². The lowest BCUT2D eigenvalue weighted by molar-refractivity contribution is 0.338. The molecule has 2 heteroatoms. The average Bonchev–Trinajstić information content (AvgIpc) is 2.39. The molecule has 0 saturated heterocycles. The summed E-state index contributed by atoms with van der Waals surface area (Å²) in [5.74, 6) is 1.93. The third-order valence-corrected chi connectivity index (χ3v) is 5.22. The summed E-state index contributed by atoms with van der Waals surface area (Å²) in [6.07, 6.45) is 8.37. The summed E-state index contributed by atoms with van der Waals surface area (Å²) < 4.78 is 5.45. The van der Waals surface area contributed by atoms with Gasteiger partial charge in [0.1, 0.15) is 5.75 Å². The van der Waals surface area contributed by atoms with Gasteiger partial charge in [-0.05, 0) is 42.9 Å². The minimum Gasteiger partial charge on any atom is -0.496 e. The minimum absolute atomic E-state index is 0.485. The zero-order valence-electron chi connectivity index (χ0n) is 12.3. The summed E-state index contributed by atoms with van der Waals surface area (Å²) in [7, 11) is 1.75. The fraction of sp³-hybridized carbons (Fsp3) is 0.647. The fourth-order valence-electron chi connectivity index (χ4n) is 3.34. The summed E-state index contributed by atoms with van der Waals surface area (Å²) >= 11 is 3.90. The third-order valence-electron chi connectivity index (χ3n) is 4.31. The molecule has 0 radical (unpaired) electrons. The maximum atomic E-state index is 5.45. The van der Waals surface area contributed by atoms with E-state index in [9.17, 15) is 0 Å². The highest BCUT2D eigenvalue weighted by molar-refractivity contribution is 9.09. The number of benzene rings is 1. The molecule has 1 unspecified atom stereocenters. The third kappa shape index (κ3) is 3.75. The zero-order valence-corrected chi connectivity index (χ0v) is 13.9. The van der Waals surface area contributed by atoms with Gasteiger partial charge in [0.05, 0.1) is 7.11 Å². The van der Waals surface area contributed by atoms with E-state index in [0.29, 0.717) is 4.83 Å². The molecule has 1 aromatic rings. The van der Waals surface area contributed by atoms with Crippen molar-refractivity contribution in [2.45, 2.75) is 57.2 Å². The number of ether oxygens (including phenoxy) is 1. The van der Waals surface area contributed by atoms with Gasteiger partial charge < -0.3 is 4.74 Å². The Morgan fingerprint density at radius 2 is 1.74 bits per heavy atom. The number of rotatable bonds is 4. The van der Waals surface area contributed by atoms with E-state index in [1.807, 2.05) is 0 Å². The van der Waals surface area contributed by atoms with Crippen LogP contribution < -0.4 is 4.74 Å². The van der Waals surface area contributed by atoms with E-state index in [-0.39, 0.29) is 0 Å². The molecule has 0 aliphatic heterocycles. The first-order valence-electron chi connectivity index (χ1n) is 7.41. The second kappa shape index (κ2) is 6.78. The molecule has 1 atom stereocenters. The zero-order chi connectivity index (χ0) is 13.8. The Kier molecular flexibility index (Phi) is 5.32. The van der Waals surface area contributed by atoms with E-state index in [1.54, 1.807) is 7.11 Å². The molecule has 0 spiro atoms. The van der Waals surface area contributed by atoms with Crippen LogP contribution in [0, 0.1) is 19.8 Å². The summed E-state index contributed by atoms with van der Waals surface area (Å²) in [4.78, 5) is 0.485. The van der Waals surface area contributed by atoms with Crippen LogP contribution in [-0.4, -0.2) is 7.11 Å². The monoisotopic (exact) mass is 324 g/mol. The van der Waals surface area contributed by atoms with Gasteiger partial charge in [-0.3, -0.25) is 0 Å². The van der Waals surface area contributed by atoms with E-state index in [0.717, 1.165) is 11.7 Å². The summed E-state index contributed by atoms with van der Waals surface area (Å²) in [6.45, 7) is 4.27. The molecule has 0 amide bonds. The molecule has 0 aromatic heterocycles. The lowest BCUT2D eigenvalue weighted by Gasteiger charge is -2.24. The first-order chi connectivity index (χ1) is 9.11. The summed E-state index contributed by atoms with van der Waals surface area (Å²) in [5, 5.41) is 0. The van der Waals surface area contributed by atoms with Gasteiger partial charge in [0.25, 0.3) is 0 Å². The molecule has 0 heterocycles. The molecule has 1 aliphatic carbocycles. The van der Waals surface area contributed by atoms with Gasteiger partial charge in [-0.15, -0.1) is 0 Å². The van der Waals surface area contributed by atoms with Crippen LogP contribution in [0.25, 0.3) is 0 Å². The first-order valence-corrected chi connectivity index (χ1v) is 8.32. The molecule has 1 aromatic carbocycles. The van der Waals surface area contributed by atoms with Crippen LogP contribution in [0.15, 0.2) is 12.1 Å². The number of hydrogen-bond donors (Lipinski definition) is 0. The highest BCUT2D eigenvalue weighted by atomic mass is 79.9. The van der Waals surface area contributed by atoms with Gasteiger partial charge >= 0.3 is 0 Å². The lowest BCUT2D eigenvalue weighted by Crippen LogP contribution is -2.09. The molecular formula is C17H25BrO. The molecule has 2 rings (SSSR count). The molecule has 1 nitrogen and oxygen atoms in total. The predicted octanol–water partition coefficient (Wildman–Crippen LogP) is 5.72. The van der Waals surface area contributed by atoms with Crippen molar-refractivity contribution in [2.75, 3.05) is 7.11 Å². The maximum Gasteiger partial charge on any atom is 0.124 e. The van der Waals surface area contributed by atoms with E-state index in [2.05, 4.69) is 41.9 Å². The van der Waals surface area contributed by atoms with E-state index in [4.69, 9.17) is 4.74 Å². The highest BCUT2D eigenvalue weighted by Gasteiger charge is 2.19. The van der Waals surface area contributed by atoms with Gasteiger partial charge in [0.15, 0.2) is 0 Å². The number of methoxy groups -OCH3 is 1. The predicted molar refractivity (Wildman–Crippen MR) is 85.3 cm³/mol. The van der Waals surface area contributed by atoms with Crippen molar-refractivity contribution in [3.8, 4) is 5.75 Å². The molecule has 1 aliphatic rings. The van der Waals surface area contributed by atoms with Crippen molar-refractivity contribution in [3.05, 3.63) is 28.8 Å². The lowest BCUT2D eigenvalue weighted by atomic mass is 9.85. The molecule has 106 valence electrons. The Morgan fingerprint density at radius 1 is 1.16 bits per heavy atom. The molecule has 0 bridgehead atoms. The highest BCUT2D eigenvalue weighted by Crippen LogP contribution is 2.38. The smallest absolute Gasteiger partial charge is 0.124 e. The molecule has 19 heavy (non-hydrogen) atoms. The number of alkyl halides is 1. The summed E-state index contributed by atoms with van der Waals surface area (Å²) in [5.41, 5.74) is 3.89. The minimum atomic E-state index is 0.485. The van der Waals surface area contributed by atoms with Gasteiger partial charge in [-0.2, -0.15) is 0 Å². The van der Waals surface area contributed by atoms with E-state index < -0.39 is 0 Å². The van der Waals surface area contributed by atoms with Crippen LogP contribution >= 0.6 is 15.9 Å². The van der Waals surface area contributed by atoms with E-state index >= 15 is 0 Å². The number of hydrogen-bond acceptors (Lipinski definition) is 1. The van der Waals surface area contributed by atoms with Crippen molar-refractivity contribution >= 4 is 15.9 Å². The van der Waals surface area contributed by atoms with Gasteiger partial charge in [0, 0.05) is 4.83 Å². The van der Waals surface area contributed by atoms with Crippen molar-refractivity contribution in [1.82, 2.24) is 0 Å². The first kappa shape index (κ1) is 14.9. The van der Waals surface area contributed by atoms with Crippen LogP contribution in [0.4, 0.5) is 0 Å². The van der Waals surface area contributed by atoms with Crippen LogP contribution in [0.1, 0.15) is 60.0 Å². The van der Waals surface area contributed by atoms with Crippen LogP contribution in [0.2, 0.25) is 0 Å². The van der Waals surface area contributed by atoms with Gasteiger partial charge in [0.2, 0.25) is 0 Å². The normalized spacial score (nSPS) is 18.3. The average molecular weight is 325 g/mol. The fourth-order valence-corrected chi connectivity index (χ4v) is 4.13. The Hall–Kier alpha value is -0.500. The van der Waals surface area contributed by atoms with Gasteiger partial charge in [-0.1, -0.05) is 60.2 Å². The van der Waals surface area contributed by atoms with Crippen molar-refractivity contribution < 1.29 is 4.74 Å². The molecule has 0 N–H and O–H groups in total. The molecular weight excluding hydrogens is 300 g/mol. The van der Waals surface area contributed by atoms with E-state index in [1.165, 1.54) is 55.2 Å². The second-order valence-electron chi connectivity index (χ2n) is 5.90. The topological polar surface area (TPSA) is 9.23 Å². The number of halogens is 1. The Morgan fingerprint density at radius 3 is 2.26 bits per heavy atom. The maximum absolute atomic E-state index is 5.45. The quantitative estimate of drug-likeness (QED) is 0.644. The molecule has 1 saturated carbocycles. The van der Waals surface area contributed by atoms with Crippen LogP contribution in [0.5, 0.6) is 5.75 Å². The second-order valence-corrected chi connectivity index (χ2v) is 7.00. The van der Waals surface area contributed by atoms with Crippen LogP contribution in [0.3, 0.4) is 0 Å². The van der Waals surface area contributed by atoms with Crippen LogP contribution in [-0.2, 0) is 0 Å². The largest absolute Gasteiger partial charge is 0.496 e. The Balaban J connectivity index is 2.08. The van der Waals surface area contributed by atoms with Crippen molar-refractivity contribution in [3.63, 3.8) is 0 Å². The SMILES string of the molecule is COc1c(C)cc(C(Br)CC2CCCCC2)cc1C. The molecule has 1 fully saturated rings. The number of aryl methyl sites for hydroxylation is 2. The van der Waals surface area contributed by atoms with Crippen molar-refractivity contribution in [1.29, 1.82) is 0 Å². The standard InChI is InChI=1S/C17H25BrO/c1-12-9-15(10-13(2)17(12)19-3)16(18)11-14-7-5-4-6-8-14/h9-10,14,16H,4-8,11H2,1-3H3. The van der Waals surface area contributed by atoms with Crippen molar-refractivity contribution in [2.24, 2.45) is 5.92 Å². The summed E-state index contributed by atoms with van der Waals surface area (Å²) in [6, 6.07) is 4.54. The Bertz CT molecular complexity index is 398.